The van der Waals surface area contributed by atoms with Gasteiger partial charge in [-0.05, 0) is 19.1 Å². The van der Waals surface area contributed by atoms with Crippen LogP contribution in [0.3, 0.4) is 0 Å². The summed E-state index contributed by atoms with van der Waals surface area (Å²) in [6.07, 6.45) is 0.892. The van der Waals surface area contributed by atoms with Gasteiger partial charge in [0.05, 0.1) is 15.9 Å². The topological polar surface area (TPSA) is 34.4 Å². The van der Waals surface area contributed by atoms with E-state index in [-0.39, 0.29) is 0 Å². The number of aldehydes is 1. The molecule has 15 heavy (non-hydrogen) atoms. The molecule has 4 heteroatoms. The lowest BCUT2D eigenvalue weighted by atomic mass is 10.3. The first kappa shape index (κ1) is 8.61. The maximum Gasteiger partial charge on any atom is 0.195 e. The average Bonchev–Trinajstić information content (AvgIpc) is 2.75. The van der Waals surface area contributed by atoms with E-state index in [1.807, 2.05) is 35.6 Å². The molecule has 2 aromatic heterocycles. The molecule has 0 aliphatic carbocycles. The Balaban J connectivity index is 2.56. The van der Waals surface area contributed by atoms with Gasteiger partial charge in [-0.15, -0.1) is 0 Å². The quantitative estimate of drug-likeness (QED) is 0.586. The van der Waals surface area contributed by atoms with E-state index >= 15 is 0 Å². The van der Waals surface area contributed by atoms with E-state index in [0.29, 0.717) is 0 Å². The zero-order valence-electron chi connectivity index (χ0n) is 8.10. The number of aryl methyl sites for hydroxylation is 1. The number of fused-ring (bicyclic) bond motifs is 3. The minimum Gasteiger partial charge on any atom is -0.297 e. The fraction of sp³-hybridized carbons (Fsp3) is 0.0909. The van der Waals surface area contributed by atoms with Gasteiger partial charge >= 0.3 is 0 Å². The molecule has 0 amide bonds. The average molecular weight is 216 g/mol. The monoisotopic (exact) mass is 216 g/mol. The molecule has 0 saturated heterocycles. The normalized spacial score (nSPS) is 11.3. The Morgan fingerprint density at radius 2 is 2.20 bits per heavy atom. The Kier molecular flexibility index (Phi) is 1.67. The van der Waals surface area contributed by atoms with E-state index in [1.54, 1.807) is 0 Å². The van der Waals surface area contributed by atoms with E-state index in [0.717, 1.165) is 32.9 Å². The molecule has 0 saturated carbocycles. The number of carbonyl (C=O) groups is 1. The highest BCUT2D eigenvalue weighted by Crippen LogP contribution is 2.26. The van der Waals surface area contributed by atoms with Gasteiger partial charge in [-0.1, -0.05) is 23.5 Å². The van der Waals surface area contributed by atoms with Crippen molar-refractivity contribution in [1.29, 1.82) is 0 Å². The van der Waals surface area contributed by atoms with Crippen LogP contribution in [0.15, 0.2) is 24.3 Å². The molecular weight excluding hydrogens is 208 g/mol. The highest BCUT2D eigenvalue weighted by Gasteiger charge is 2.12. The van der Waals surface area contributed by atoms with Gasteiger partial charge in [0.1, 0.15) is 0 Å². The summed E-state index contributed by atoms with van der Waals surface area (Å²) in [4.78, 5) is 16.9. The molecule has 0 bridgehead atoms. The highest BCUT2D eigenvalue weighted by molar-refractivity contribution is 7.18. The minimum absolute atomic E-state index is 0.753. The van der Waals surface area contributed by atoms with Crippen LogP contribution >= 0.6 is 11.3 Å². The number of aromatic nitrogens is 2. The number of hydrogen-bond donors (Lipinski definition) is 0. The maximum atomic E-state index is 10.8. The van der Waals surface area contributed by atoms with Crippen LogP contribution in [0.25, 0.3) is 16.0 Å². The van der Waals surface area contributed by atoms with Crippen molar-refractivity contribution >= 4 is 33.6 Å². The van der Waals surface area contributed by atoms with Crippen LogP contribution in [0.4, 0.5) is 0 Å². The van der Waals surface area contributed by atoms with Crippen molar-refractivity contribution in [1.82, 2.24) is 9.38 Å². The number of carbonyl (C=O) groups excluding carboxylic acids is 1. The summed E-state index contributed by atoms with van der Waals surface area (Å²) in [7, 11) is 0. The second kappa shape index (κ2) is 2.90. The van der Waals surface area contributed by atoms with E-state index < -0.39 is 0 Å². The summed E-state index contributed by atoms with van der Waals surface area (Å²) in [6.45, 7) is 1.95. The highest BCUT2D eigenvalue weighted by atomic mass is 32.1. The Morgan fingerprint density at radius 1 is 1.40 bits per heavy atom. The first-order valence-corrected chi connectivity index (χ1v) is 5.44. The van der Waals surface area contributed by atoms with Gasteiger partial charge in [-0.2, -0.15) is 0 Å². The predicted octanol–water partition coefficient (Wildman–Crippen LogP) is 2.67. The second-order valence-corrected chi connectivity index (χ2v) is 4.40. The Bertz CT molecular complexity index is 666. The number of thiazole rings is 1. The molecule has 3 aromatic rings. The van der Waals surface area contributed by atoms with Crippen LogP contribution in [0.5, 0.6) is 0 Å². The molecule has 74 valence electrons. The van der Waals surface area contributed by atoms with Crippen molar-refractivity contribution in [3.05, 3.63) is 34.8 Å². The summed E-state index contributed by atoms with van der Waals surface area (Å²) in [5.41, 5.74) is 3.01. The third kappa shape index (κ3) is 1.05. The van der Waals surface area contributed by atoms with Crippen LogP contribution in [0.1, 0.15) is 15.4 Å². The van der Waals surface area contributed by atoms with Gasteiger partial charge in [0.2, 0.25) is 0 Å². The molecule has 0 aliphatic heterocycles. The van der Waals surface area contributed by atoms with Gasteiger partial charge in [0.15, 0.2) is 11.2 Å². The first-order valence-electron chi connectivity index (χ1n) is 4.63. The molecule has 0 unspecified atom stereocenters. The van der Waals surface area contributed by atoms with E-state index in [1.165, 1.54) is 11.3 Å². The molecule has 0 N–H and O–H groups in total. The van der Waals surface area contributed by atoms with Crippen LogP contribution in [0, 0.1) is 6.92 Å². The molecule has 3 rings (SSSR count). The number of para-hydroxylation sites is 2. The van der Waals surface area contributed by atoms with Crippen molar-refractivity contribution in [3.63, 3.8) is 0 Å². The molecular formula is C11H8N2OS. The number of rotatable bonds is 1. The van der Waals surface area contributed by atoms with Gasteiger partial charge < -0.3 is 0 Å². The third-order valence-electron chi connectivity index (χ3n) is 2.53. The standard InChI is InChI=1S/C11H8N2OS/c1-7-10(6-14)15-11-12-8-4-2-3-5-9(8)13(7)11/h2-6H,1H3. The van der Waals surface area contributed by atoms with Gasteiger partial charge in [0, 0.05) is 5.69 Å². The first-order chi connectivity index (χ1) is 7.31. The summed E-state index contributed by atoms with van der Waals surface area (Å²) in [5.74, 6) is 0. The van der Waals surface area contributed by atoms with Crippen molar-refractivity contribution in [2.45, 2.75) is 6.92 Å². The van der Waals surface area contributed by atoms with Crippen molar-refractivity contribution in [3.8, 4) is 0 Å². The Morgan fingerprint density at radius 3 is 3.00 bits per heavy atom. The summed E-state index contributed by atoms with van der Waals surface area (Å²) >= 11 is 1.43. The van der Waals surface area contributed by atoms with Gasteiger partial charge in [-0.3, -0.25) is 9.20 Å². The van der Waals surface area contributed by atoms with Crippen molar-refractivity contribution < 1.29 is 4.79 Å². The Hall–Kier alpha value is -1.68. The molecule has 0 radical (unpaired) electrons. The lowest BCUT2D eigenvalue weighted by Gasteiger charge is -1.93. The smallest absolute Gasteiger partial charge is 0.195 e. The third-order valence-corrected chi connectivity index (χ3v) is 3.60. The van der Waals surface area contributed by atoms with E-state index in [2.05, 4.69) is 4.98 Å². The van der Waals surface area contributed by atoms with Crippen LogP contribution < -0.4 is 0 Å². The molecule has 0 fully saturated rings. The number of nitrogens with zero attached hydrogens (tertiary/aromatic N) is 2. The second-order valence-electron chi connectivity index (χ2n) is 3.39. The summed E-state index contributed by atoms with van der Waals surface area (Å²) in [6, 6.07) is 7.95. The predicted molar refractivity (Wildman–Crippen MR) is 60.7 cm³/mol. The molecule has 1 aromatic carbocycles. The van der Waals surface area contributed by atoms with Crippen LogP contribution in [-0.4, -0.2) is 15.7 Å². The SMILES string of the molecule is Cc1c(C=O)sc2nc3ccccc3n12. The van der Waals surface area contributed by atoms with E-state index in [4.69, 9.17) is 0 Å². The zero-order chi connectivity index (χ0) is 10.4. The minimum atomic E-state index is 0.753. The number of benzene rings is 1. The molecule has 2 heterocycles. The largest absolute Gasteiger partial charge is 0.297 e. The van der Waals surface area contributed by atoms with Crippen molar-refractivity contribution in [2.75, 3.05) is 0 Å². The van der Waals surface area contributed by atoms with Crippen LogP contribution in [0.2, 0.25) is 0 Å². The number of hydrogen-bond acceptors (Lipinski definition) is 3. The fourth-order valence-electron chi connectivity index (χ4n) is 1.79. The number of imidazole rings is 1. The molecule has 0 spiro atoms. The van der Waals surface area contributed by atoms with E-state index in [9.17, 15) is 4.79 Å². The Labute approximate surface area is 90.0 Å². The molecule has 3 nitrogen and oxygen atoms in total. The van der Waals surface area contributed by atoms with Gasteiger partial charge in [0.25, 0.3) is 0 Å². The summed E-state index contributed by atoms with van der Waals surface area (Å²) in [5, 5.41) is 0. The summed E-state index contributed by atoms with van der Waals surface area (Å²) < 4.78 is 2.03. The van der Waals surface area contributed by atoms with Crippen LogP contribution in [-0.2, 0) is 0 Å². The molecule has 0 atom stereocenters. The zero-order valence-corrected chi connectivity index (χ0v) is 8.91. The fourth-order valence-corrected chi connectivity index (χ4v) is 2.74. The lowest BCUT2D eigenvalue weighted by molar-refractivity contribution is 0.112. The van der Waals surface area contributed by atoms with Crippen molar-refractivity contribution in [2.24, 2.45) is 0 Å². The maximum absolute atomic E-state index is 10.8. The van der Waals surface area contributed by atoms with Gasteiger partial charge in [-0.25, -0.2) is 4.98 Å². The lowest BCUT2D eigenvalue weighted by Crippen LogP contribution is -1.86. The molecule has 0 aliphatic rings.